The zero-order chi connectivity index (χ0) is 27.6. The zero-order valence-electron chi connectivity index (χ0n) is 22.6. The molecule has 1 aromatic heterocycles. The molecule has 1 aliphatic heterocycles. The van der Waals surface area contributed by atoms with Gasteiger partial charge in [0.15, 0.2) is 11.5 Å². The van der Waals surface area contributed by atoms with Gasteiger partial charge >= 0.3 is 11.9 Å². The molecule has 4 rings (SSSR count). The highest BCUT2D eigenvalue weighted by Gasteiger charge is 2.59. The molecule has 9 heteroatoms. The fraction of sp³-hybridized carbons (Fsp3) is 0.345. The molecule has 1 aliphatic rings. The summed E-state index contributed by atoms with van der Waals surface area (Å²) in [6, 6.07) is 14.6. The van der Waals surface area contributed by atoms with E-state index in [0.717, 1.165) is 16.1 Å². The predicted molar refractivity (Wildman–Crippen MR) is 146 cm³/mol. The molecule has 0 aliphatic carbocycles. The standard InChI is InChI=1S/C29H32N2O6S/c1-16-23(27(32)36-6)24(29(18(3)30-16,28(33)37-7)20-11-9-8-10-12-20)26-31-25(17(2)38-26)19-13-14-21(34-4)22(15-19)35-5/h8-15,18,24,30H,1-7H3. The Balaban J connectivity index is 2.02. The lowest BCUT2D eigenvalue weighted by molar-refractivity contribution is -0.150. The lowest BCUT2D eigenvalue weighted by Crippen LogP contribution is -2.60. The minimum atomic E-state index is -1.29. The molecule has 0 radical (unpaired) electrons. The minimum Gasteiger partial charge on any atom is -0.493 e. The van der Waals surface area contributed by atoms with Crippen molar-refractivity contribution in [2.75, 3.05) is 28.4 Å². The second-order valence-corrected chi connectivity index (χ2v) is 10.3. The van der Waals surface area contributed by atoms with E-state index in [4.69, 9.17) is 23.9 Å². The smallest absolute Gasteiger partial charge is 0.336 e. The van der Waals surface area contributed by atoms with E-state index in [1.807, 2.05) is 69.3 Å². The molecular weight excluding hydrogens is 504 g/mol. The van der Waals surface area contributed by atoms with Crippen molar-refractivity contribution >= 4 is 23.3 Å². The summed E-state index contributed by atoms with van der Waals surface area (Å²) in [5.41, 5.74) is 1.95. The molecule has 200 valence electrons. The molecule has 1 N–H and O–H groups in total. The first-order chi connectivity index (χ1) is 18.2. The van der Waals surface area contributed by atoms with Crippen molar-refractivity contribution in [3.63, 3.8) is 0 Å². The molecular formula is C29H32N2O6S. The van der Waals surface area contributed by atoms with Crippen LogP contribution in [0.25, 0.3) is 11.3 Å². The number of ether oxygens (including phenoxy) is 4. The summed E-state index contributed by atoms with van der Waals surface area (Å²) < 4.78 is 21.6. The number of methoxy groups -OCH3 is 4. The van der Waals surface area contributed by atoms with Crippen LogP contribution in [0.3, 0.4) is 0 Å². The Bertz CT molecular complexity index is 1380. The van der Waals surface area contributed by atoms with Gasteiger partial charge in [-0.3, -0.25) is 4.79 Å². The second-order valence-electron chi connectivity index (χ2n) is 9.08. The third kappa shape index (κ3) is 4.30. The molecule has 0 saturated carbocycles. The van der Waals surface area contributed by atoms with Gasteiger partial charge in [0.25, 0.3) is 0 Å². The van der Waals surface area contributed by atoms with Crippen LogP contribution in [0, 0.1) is 6.92 Å². The first-order valence-corrected chi connectivity index (χ1v) is 12.9. The van der Waals surface area contributed by atoms with E-state index in [1.165, 1.54) is 25.6 Å². The molecule has 0 amide bonds. The molecule has 2 aromatic carbocycles. The Hall–Kier alpha value is -3.85. The number of benzene rings is 2. The molecule has 0 saturated heterocycles. The molecule has 0 fully saturated rings. The number of nitrogens with zero attached hydrogens (tertiary/aromatic N) is 1. The average Bonchev–Trinajstić information content (AvgIpc) is 3.32. The van der Waals surface area contributed by atoms with Crippen molar-refractivity contribution in [2.24, 2.45) is 0 Å². The van der Waals surface area contributed by atoms with Crippen LogP contribution in [-0.2, 0) is 24.5 Å². The maximum Gasteiger partial charge on any atom is 0.336 e. The van der Waals surface area contributed by atoms with Crippen LogP contribution >= 0.6 is 11.3 Å². The number of carbonyl (C=O) groups excluding carboxylic acids is 2. The Morgan fingerprint density at radius 3 is 2.24 bits per heavy atom. The Labute approximate surface area is 226 Å². The summed E-state index contributed by atoms with van der Waals surface area (Å²) in [7, 11) is 5.86. The number of aromatic nitrogens is 1. The van der Waals surface area contributed by atoms with Crippen LogP contribution in [0.5, 0.6) is 11.5 Å². The number of nitrogens with one attached hydrogen (secondary N) is 1. The van der Waals surface area contributed by atoms with Gasteiger partial charge in [0.1, 0.15) is 10.4 Å². The van der Waals surface area contributed by atoms with Crippen molar-refractivity contribution in [1.29, 1.82) is 0 Å². The summed E-state index contributed by atoms with van der Waals surface area (Å²) in [6.07, 6.45) is 0. The number of thiazole rings is 1. The largest absolute Gasteiger partial charge is 0.493 e. The van der Waals surface area contributed by atoms with Crippen LogP contribution in [0.4, 0.5) is 0 Å². The average molecular weight is 537 g/mol. The number of allylic oxidation sites excluding steroid dienone is 1. The van der Waals surface area contributed by atoms with Crippen LogP contribution < -0.4 is 14.8 Å². The topological polar surface area (TPSA) is 96.0 Å². The van der Waals surface area contributed by atoms with Gasteiger partial charge in [0.05, 0.1) is 45.6 Å². The van der Waals surface area contributed by atoms with Gasteiger partial charge in [-0.1, -0.05) is 30.3 Å². The number of carbonyl (C=O) groups is 2. The van der Waals surface area contributed by atoms with Gasteiger partial charge in [0.2, 0.25) is 0 Å². The number of esters is 2. The van der Waals surface area contributed by atoms with Crippen molar-refractivity contribution in [2.45, 2.75) is 38.1 Å². The minimum absolute atomic E-state index is 0.340. The number of hydrogen-bond donors (Lipinski definition) is 1. The first-order valence-electron chi connectivity index (χ1n) is 12.1. The van der Waals surface area contributed by atoms with Gasteiger partial charge in [-0.15, -0.1) is 11.3 Å². The maximum atomic E-state index is 13.9. The van der Waals surface area contributed by atoms with Crippen LogP contribution in [0.2, 0.25) is 0 Å². The molecule has 0 bridgehead atoms. The fourth-order valence-corrected chi connectivity index (χ4v) is 6.55. The van der Waals surface area contributed by atoms with Gasteiger partial charge in [-0.25, -0.2) is 9.78 Å². The lowest BCUT2D eigenvalue weighted by Gasteiger charge is -2.47. The maximum absolute atomic E-state index is 13.9. The van der Waals surface area contributed by atoms with Gasteiger partial charge in [-0.05, 0) is 44.5 Å². The summed E-state index contributed by atoms with van der Waals surface area (Å²) in [5, 5.41) is 3.96. The Morgan fingerprint density at radius 1 is 0.947 bits per heavy atom. The van der Waals surface area contributed by atoms with Crippen LogP contribution in [0.15, 0.2) is 59.8 Å². The van der Waals surface area contributed by atoms with Crippen LogP contribution in [0.1, 0.15) is 35.2 Å². The molecule has 38 heavy (non-hydrogen) atoms. The number of aryl methyl sites for hydroxylation is 1. The van der Waals surface area contributed by atoms with E-state index >= 15 is 0 Å². The quantitative estimate of drug-likeness (QED) is 0.432. The van der Waals surface area contributed by atoms with E-state index in [1.54, 1.807) is 14.2 Å². The highest BCUT2D eigenvalue weighted by molar-refractivity contribution is 7.12. The Morgan fingerprint density at radius 2 is 1.63 bits per heavy atom. The van der Waals surface area contributed by atoms with Gasteiger partial charge < -0.3 is 24.3 Å². The third-order valence-corrected chi connectivity index (χ3v) is 8.20. The van der Waals surface area contributed by atoms with Crippen LogP contribution in [-0.4, -0.2) is 51.4 Å². The van der Waals surface area contributed by atoms with Crippen molar-refractivity contribution < 1.29 is 28.5 Å². The van der Waals surface area contributed by atoms with E-state index in [2.05, 4.69) is 5.32 Å². The monoisotopic (exact) mass is 536 g/mol. The second kappa shape index (κ2) is 10.9. The molecule has 3 aromatic rings. The SMILES string of the molecule is COC(=O)C1=C(C)NC(C)C(C(=O)OC)(c2ccccc2)C1c1nc(-c2ccc(OC)c(OC)c2)c(C)s1. The first kappa shape index (κ1) is 27.2. The predicted octanol–water partition coefficient (Wildman–Crippen LogP) is 4.77. The zero-order valence-corrected chi connectivity index (χ0v) is 23.4. The molecule has 3 unspecified atom stereocenters. The fourth-order valence-electron chi connectivity index (χ4n) is 5.41. The summed E-state index contributed by atoms with van der Waals surface area (Å²) in [5.74, 6) is -0.580. The van der Waals surface area contributed by atoms with Crippen molar-refractivity contribution in [1.82, 2.24) is 10.3 Å². The molecule has 8 nitrogen and oxygen atoms in total. The van der Waals surface area contributed by atoms with E-state index in [9.17, 15) is 9.59 Å². The van der Waals surface area contributed by atoms with E-state index in [0.29, 0.717) is 33.3 Å². The lowest BCUT2D eigenvalue weighted by atomic mass is 9.61. The highest BCUT2D eigenvalue weighted by atomic mass is 32.1. The van der Waals surface area contributed by atoms with Crippen molar-refractivity contribution in [3.05, 3.63) is 75.2 Å². The summed E-state index contributed by atoms with van der Waals surface area (Å²) in [6.45, 7) is 5.70. The molecule has 2 heterocycles. The number of rotatable bonds is 7. The third-order valence-electron chi connectivity index (χ3n) is 7.16. The summed E-state index contributed by atoms with van der Waals surface area (Å²) in [4.78, 5) is 33.1. The van der Waals surface area contributed by atoms with Gasteiger partial charge in [-0.2, -0.15) is 0 Å². The summed E-state index contributed by atoms with van der Waals surface area (Å²) >= 11 is 1.44. The van der Waals surface area contributed by atoms with Crippen molar-refractivity contribution in [3.8, 4) is 22.8 Å². The Kier molecular flexibility index (Phi) is 7.78. The van der Waals surface area contributed by atoms with E-state index in [-0.39, 0.29) is 0 Å². The normalized spacial score (nSPS) is 20.9. The molecule has 0 spiro atoms. The van der Waals surface area contributed by atoms with Gasteiger partial charge in [0, 0.05) is 22.2 Å². The molecule has 3 atom stereocenters. The number of hydrogen-bond acceptors (Lipinski definition) is 9. The van der Waals surface area contributed by atoms with E-state index < -0.39 is 29.3 Å². The highest BCUT2D eigenvalue weighted by Crippen LogP contribution is 2.52.